The van der Waals surface area contributed by atoms with Crippen molar-refractivity contribution < 1.29 is 24.1 Å². The minimum Gasteiger partial charge on any atom is -0.489 e. The third-order valence-corrected chi connectivity index (χ3v) is 7.06. The molecule has 3 aromatic heterocycles. The molecule has 5 rings (SSSR count). The molecule has 0 aliphatic heterocycles. The molecule has 3 heterocycles. The van der Waals surface area contributed by atoms with Gasteiger partial charge >= 0.3 is 12.0 Å². The highest BCUT2D eigenvalue weighted by molar-refractivity contribution is 5.71. The molecule has 2 aliphatic carbocycles. The Bertz CT molecular complexity index is 1230. The lowest BCUT2D eigenvalue weighted by Gasteiger charge is -2.18. The monoisotopic (exact) mass is 480 g/mol. The van der Waals surface area contributed by atoms with Gasteiger partial charge in [-0.15, -0.1) is 5.10 Å². The molecule has 0 aromatic carbocycles. The molecule has 2 aliphatic rings. The molecule has 0 radical (unpaired) electrons. The topological polar surface area (TPSA) is 134 Å². The van der Waals surface area contributed by atoms with Crippen molar-refractivity contribution >= 4 is 5.97 Å². The number of nitrogens with zero attached hydrogens (tertiary/aromatic N) is 6. The number of aromatic nitrogens is 6. The van der Waals surface area contributed by atoms with E-state index in [4.69, 9.17) is 19.2 Å². The fraction of sp³-hybridized carbons (Fsp3) is 0.500. The van der Waals surface area contributed by atoms with Crippen molar-refractivity contribution in [2.24, 2.45) is 24.8 Å². The van der Waals surface area contributed by atoms with Crippen molar-refractivity contribution in [1.29, 1.82) is 0 Å². The average Bonchev–Trinajstić information content (AvgIpc) is 3.53. The van der Waals surface area contributed by atoms with Crippen LogP contribution in [-0.4, -0.2) is 54.2 Å². The SMILES string of the molecule is COc1ccnc(OCc2c(-c3ccc(O[C@@H]4C[C@H]5CC[C@@H](C(=O)O)[C@H]5C4)c(C)n3)nnn2C)n1. The molecule has 1 N–H and O–H groups in total. The summed E-state index contributed by atoms with van der Waals surface area (Å²) in [5.41, 5.74) is 2.72. The van der Waals surface area contributed by atoms with E-state index in [9.17, 15) is 9.90 Å². The first-order valence-electron chi connectivity index (χ1n) is 11.7. The standard InChI is InChI=1S/C24H28N6O5/c1-13-20(35-15-10-14-4-5-16(23(31)32)17(14)11-15)7-6-18(26-13)22-19(30(2)29-28-22)12-34-24-25-9-8-21(27-24)33-3/h6-9,14-17H,4-5,10-12H2,1-3H3,(H,31,32)/t14-,15-,16-,17+/m1/s1. The molecule has 184 valence electrons. The van der Waals surface area contributed by atoms with E-state index in [0.29, 0.717) is 28.9 Å². The van der Waals surface area contributed by atoms with Crippen LogP contribution in [0.4, 0.5) is 0 Å². The van der Waals surface area contributed by atoms with Gasteiger partial charge in [0.15, 0.2) is 0 Å². The predicted octanol–water partition coefficient (Wildman–Crippen LogP) is 2.83. The molecule has 11 nitrogen and oxygen atoms in total. The van der Waals surface area contributed by atoms with Crippen LogP contribution in [0.15, 0.2) is 24.4 Å². The summed E-state index contributed by atoms with van der Waals surface area (Å²) in [6.07, 6.45) is 5.00. The highest BCUT2D eigenvalue weighted by atomic mass is 16.5. The molecule has 11 heteroatoms. The molecule has 0 amide bonds. The van der Waals surface area contributed by atoms with Crippen molar-refractivity contribution in [2.45, 2.75) is 45.3 Å². The van der Waals surface area contributed by atoms with Crippen molar-refractivity contribution in [1.82, 2.24) is 29.9 Å². The van der Waals surface area contributed by atoms with Crippen molar-refractivity contribution in [3.05, 3.63) is 35.8 Å². The number of methoxy groups -OCH3 is 1. The van der Waals surface area contributed by atoms with E-state index < -0.39 is 5.97 Å². The second kappa shape index (κ2) is 9.47. The number of fused-ring (bicyclic) bond motifs is 1. The summed E-state index contributed by atoms with van der Waals surface area (Å²) in [6, 6.07) is 5.58. The van der Waals surface area contributed by atoms with Gasteiger partial charge in [0.05, 0.1) is 30.5 Å². The first kappa shape index (κ1) is 23.0. The van der Waals surface area contributed by atoms with Crippen LogP contribution in [0.5, 0.6) is 17.6 Å². The highest BCUT2D eigenvalue weighted by Crippen LogP contribution is 2.48. The molecule has 35 heavy (non-hydrogen) atoms. The third-order valence-electron chi connectivity index (χ3n) is 7.06. The summed E-state index contributed by atoms with van der Waals surface area (Å²) in [7, 11) is 3.31. The summed E-state index contributed by atoms with van der Waals surface area (Å²) in [6.45, 7) is 2.05. The molecule has 2 fully saturated rings. The zero-order valence-corrected chi connectivity index (χ0v) is 19.9. The van der Waals surface area contributed by atoms with Gasteiger partial charge in [-0.25, -0.2) is 14.6 Å². The minimum atomic E-state index is -0.679. The molecule has 0 unspecified atom stereocenters. The number of ether oxygens (including phenoxy) is 3. The summed E-state index contributed by atoms with van der Waals surface area (Å²) < 4.78 is 18.8. The third kappa shape index (κ3) is 4.62. The van der Waals surface area contributed by atoms with Crippen LogP contribution in [-0.2, 0) is 18.4 Å². The molecule has 3 aromatic rings. The number of aliphatic carboxylic acids is 1. The second-order valence-electron chi connectivity index (χ2n) is 9.12. The molecular weight excluding hydrogens is 452 g/mol. The Morgan fingerprint density at radius 2 is 2.06 bits per heavy atom. The van der Waals surface area contributed by atoms with Crippen LogP contribution in [0.2, 0.25) is 0 Å². The minimum absolute atomic E-state index is 0.0156. The van der Waals surface area contributed by atoms with Gasteiger partial charge in [-0.1, -0.05) is 5.21 Å². The molecule has 0 bridgehead atoms. The number of hydrogen-bond acceptors (Lipinski definition) is 9. The van der Waals surface area contributed by atoms with Crippen molar-refractivity contribution in [3.63, 3.8) is 0 Å². The Morgan fingerprint density at radius 1 is 1.20 bits per heavy atom. The van der Waals surface area contributed by atoms with Gasteiger partial charge in [-0.3, -0.25) is 4.79 Å². The van der Waals surface area contributed by atoms with Crippen LogP contribution in [0.1, 0.15) is 37.1 Å². The van der Waals surface area contributed by atoms with E-state index in [1.54, 1.807) is 24.0 Å². The fourth-order valence-electron chi connectivity index (χ4n) is 5.30. The van der Waals surface area contributed by atoms with Crippen molar-refractivity contribution in [3.8, 4) is 29.0 Å². The number of pyridine rings is 1. The van der Waals surface area contributed by atoms with Gasteiger partial charge < -0.3 is 19.3 Å². The number of hydrogen-bond donors (Lipinski definition) is 1. The normalized spacial score (nSPS) is 23.2. The van der Waals surface area contributed by atoms with Gasteiger partial charge in [0.2, 0.25) is 5.88 Å². The largest absolute Gasteiger partial charge is 0.489 e. The van der Waals surface area contributed by atoms with E-state index >= 15 is 0 Å². The van der Waals surface area contributed by atoms with Gasteiger partial charge in [0.25, 0.3) is 0 Å². The fourth-order valence-corrected chi connectivity index (χ4v) is 5.30. The number of carbonyl (C=O) groups is 1. The number of aryl methyl sites for hydroxylation is 2. The molecule has 2 saturated carbocycles. The second-order valence-corrected chi connectivity index (χ2v) is 9.12. The first-order chi connectivity index (χ1) is 16.9. The van der Waals surface area contributed by atoms with Gasteiger partial charge in [-0.2, -0.15) is 4.98 Å². The maximum absolute atomic E-state index is 11.5. The van der Waals surface area contributed by atoms with Gasteiger partial charge in [0, 0.05) is 19.3 Å². The summed E-state index contributed by atoms with van der Waals surface area (Å²) in [5.74, 6) is 0.842. The van der Waals surface area contributed by atoms with E-state index in [1.807, 2.05) is 19.1 Å². The van der Waals surface area contributed by atoms with Crippen LogP contribution in [0.3, 0.4) is 0 Å². The van der Waals surface area contributed by atoms with Crippen LogP contribution in [0.25, 0.3) is 11.4 Å². The zero-order chi connectivity index (χ0) is 24.5. The van der Waals surface area contributed by atoms with Crippen LogP contribution in [0, 0.1) is 24.7 Å². The lowest BCUT2D eigenvalue weighted by Crippen LogP contribution is -2.21. The molecule has 0 saturated heterocycles. The Labute approximate surface area is 202 Å². The summed E-state index contributed by atoms with van der Waals surface area (Å²) >= 11 is 0. The van der Waals surface area contributed by atoms with E-state index in [1.165, 1.54) is 7.11 Å². The number of carboxylic acid groups (broad SMARTS) is 1. The first-order valence-corrected chi connectivity index (χ1v) is 11.7. The Balaban J connectivity index is 1.28. The lowest BCUT2D eigenvalue weighted by atomic mass is 9.92. The molecule has 0 spiro atoms. The van der Waals surface area contributed by atoms with E-state index in [0.717, 1.165) is 37.1 Å². The lowest BCUT2D eigenvalue weighted by molar-refractivity contribution is -0.143. The summed E-state index contributed by atoms with van der Waals surface area (Å²) in [5, 5.41) is 17.9. The quantitative estimate of drug-likeness (QED) is 0.513. The van der Waals surface area contributed by atoms with Gasteiger partial charge in [0.1, 0.15) is 23.7 Å². The van der Waals surface area contributed by atoms with E-state index in [-0.39, 0.29) is 30.6 Å². The van der Waals surface area contributed by atoms with Gasteiger partial charge in [-0.05, 0) is 56.6 Å². The predicted molar refractivity (Wildman–Crippen MR) is 123 cm³/mol. The maximum Gasteiger partial charge on any atom is 0.320 e. The van der Waals surface area contributed by atoms with Crippen molar-refractivity contribution in [2.75, 3.05) is 7.11 Å². The maximum atomic E-state index is 11.5. The number of rotatable bonds is 8. The smallest absolute Gasteiger partial charge is 0.320 e. The van der Waals surface area contributed by atoms with Crippen LogP contribution >= 0.6 is 0 Å². The van der Waals surface area contributed by atoms with Crippen LogP contribution < -0.4 is 14.2 Å². The van der Waals surface area contributed by atoms with E-state index in [2.05, 4.69) is 20.3 Å². The zero-order valence-electron chi connectivity index (χ0n) is 19.9. The Kier molecular flexibility index (Phi) is 6.23. The number of carboxylic acids is 1. The summed E-state index contributed by atoms with van der Waals surface area (Å²) in [4.78, 5) is 24.5. The average molecular weight is 481 g/mol. The molecule has 4 atom stereocenters. The Morgan fingerprint density at radius 3 is 2.83 bits per heavy atom. The molecular formula is C24H28N6O5. The Hall–Kier alpha value is -3.76. The highest BCUT2D eigenvalue weighted by Gasteiger charge is 2.47.